The highest BCUT2D eigenvalue weighted by Crippen LogP contribution is 2.13. The van der Waals surface area contributed by atoms with E-state index in [9.17, 15) is 0 Å². The van der Waals surface area contributed by atoms with Crippen LogP contribution in [0.5, 0.6) is 0 Å². The number of aromatic nitrogens is 2. The van der Waals surface area contributed by atoms with Crippen molar-refractivity contribution in [3.63, 3.8) is 0 Å². The van der Waals surface area contributed by atoms with E-state index in [4.69, 9.17) is 5.26 Å². The maximum Gasteiger partial charge on any atom is 0.106 e. The van der Waals surface area contributed by atoms with Crippen molar-refractivity contribution in [2.24, 2.45) is 0 Å². The van der Waals surface area contributed by atoms with E-state index in [2.05, 4.69) is 28.3 Å². The van der Waals surface area contributed by atoms with Crippen LogP contribution in [0.1, 0.15) is 36.3 Å². The van der Waals surface area contributed by atoms with E-state index >= 15 is 0 Å². The summed E-state index contributed by atoms with van der Waals surface area (Å²) in [6, 6.07) is 10.1. The van der Waals surface area contributed by atoms with E-state index < -0.39 is 0 Å². The maximum absolute atomic E-state index is 8.76. The third-order valence-electron chi connectivity index (χ3n) is 3.14. The molecule has 0 spiro atoms. The zero-order chi connectivity index (χ0) is 13.5. The largest absolute Gasteiger partial charge is 0.349 e. The van der Waals surface area contributed by atoms with Crippen molar-refractivity contribution in [3.05, 3.63) is 53.6 Å². The average Bonchev–Trinajstić information content (AvgIpc) is 2.96. The lowest BCUT2D eigenvalue weighted by molar-refractivity contribution is 0.555. The SMILES string of the molecule is CC(NCCCc1ncc[nH]1)c1ccc(C#N)cc1. The van der Waals surface area contributed by atoms with Crippen molar-refractivity contribution in [2.75, 3.05) is 6.54 Å². The van der Waals surface area contributed by atoms with Gasteiger partial charge in [-0.1, -0.05) is 12.1 Å². The molecule has 0 bridgehead atoms. The molecular weight excluding hydrogens is 236 g/mol. The van der Waals surface area contributed by atoms with Crippen LogP contribution in [-0.2, 0) is 6.42 Å². The van der Waals surface area contributed by atoms with Gasteiger partial charge in [-0.25, -0.2) is 4.98 Å². The molecule has 0 fully saturated rings. The Balaban J connectivity index is 1.74. The summed E-state index contributed by atoms with van der Waals surface area (Å²) >= 11 is 0. The molecule has 4 heteroatoms. The molecule has 2 rings (SSSR count). The van der Waals surface area contributed by atoms with E-state index in [1.54, 1.807) is 6.20 Å². The lowest BCUT2D eigenvalue weighted by atomic mass is 10.1. The number of H-pyrrole nitrogens is 1. The first-order valence-corrected chi connectivity index (χ1v) is 6.51. The summed E-state index contributed by atoms with van der Waals surface area (Å²) in [5.74, 6) is 1.04. The molecule has 0 radical (unpaired) electrons. The van der Waals surface area contributed by atoms with Crippen LogP contribution < -0.4 is 5.32 Å². The first-order valence-electron chi connectivity index (χ1n) is 6.51. The highest BCUT2D eigenvalue weighted by Gasteiger charge is 2.04. The smallest absolute Gasteiger partial charge is 0.106 e. The summed E-state index contributed by atoms with van der Waals surface area (Å²) in [5, 5.41) is 12.2. The molecule has 98 valence electrons. The second-order valence-electron chi connectivity index (χ2n) is 4.55. The summed E-state index contributed by atoms with van der Waals surface area (Å²) in [6.07, 6.45) is 5.64. The highest BCUT2D eigenvalue weighted by molar-refractivity contribution is 5.32. The number of rotatable bonds is 6. The Hall–Kier alpha value is -2.12. The van der Waals surface area contributed by atoms with Gasteiger partial charge in [0.25, 0.3) is 0 Å². The summed E-state index contributed by atoms with van der Waals surface area (Å²) in [6.45, 7) is 3.08. The van der Waals surface area contributed by atoms with Gasteiger partial charge in [-0.2, -0.15) is 5.26 Å². The summed E-state index contributed by atoms with van der Waals surface area (Å²) in [7, 11) is 0. The molecule has 0 aliphatic heterocycles. The van der Waals surface area contributed by atoms with Crippen LogP contribution in [0, 0.1) is 11.3 Å². The van der Waals surface area contributed by atoms with Crippen LogP contribution in [-0.4, -0.2) is 16.5 Å². The molecule has 1 aromatic carbocycles. The van der Waals surface area contributed by atoms with Crippen LogP contribution in [0.3, 0.4) is 0 Å². The van der Waals surface area contributed by atoms with Gasteiger partial charge in [-0.3, -0.25) is 0 Å². The molecule has 19 heavy (non-hydrogen) atoms. The number of nitrogens with zero attached hydrogens (tertiary/aromatic N) is 2. The van der Waals surface area contributed by atoms with Gasteiger partial charge in [0.2, 0.25) is 0 Å². The summed E-state index contributed by atoms with van der Waals surface area (Å²) < 4.78 is 0. The van der Waals surface area contributed by atoms with Crippen LogP contribution >= 0.6 is 0 Å². The molecule has 0 aliphatic carbocycles. The van der Waals surface area contributed by atoms with Crippen molar-refractivity contribution in [3.8, 4) is 6.07 Å². The molecule has 0 amide bonds. The monoisotopic (exact) mass is 254 g/mol. The van der Waals surface area contributed by atoms with Gasteiger partial charge in [-0.15, -0.1) is 0 Å². The number of benzene rings is 1. The summed E-state index contributed by atoms with van der Waals surface area (Å²) in [5.41, 5.74) is 1.91. The minimum atomic E-state index is 0.296. The predicted octanol–water partition coefficient (Wildman–Crippen LogP) is 2.56. The standard InChI is InChI=1S/C15H18N4/c1-12(14-6-4-13(11-16)5-7-14)17-8-2-3-15-18-9-10-19-15/h4-7,9-10,12,17H,2-3,8H2,1H3,(H,18,19). The number of aryl methyl sites for hydroxylation is 1. The molecule has 1 unspecified atom stereocenters. The first-order chi connectivity index (χ1) is 9.29. The Kier molecular flexibility index (Phi) is 4.71. The second kappa shape index (κ2) is 6.72. The number of nitrogens with one attached hydrogen (secondary N) is 2. The zero-order valence-corrected chi connectivity index (χ0v) is 11.1. The molecule has 4 nitrogen and oxygen atoms in total. The van der Waals surface area contributed by atoms with Crippen molar-refractivity contribution < 1.29 is 0 Å². The first kappa shape index (κ1) is 13.3. The van der Waals surface area contributed by atoms with Gasteiger partial charge in [0.15, 0.2) is 0 Å². The lowest BCUT2D eigenvalue weighted by Gasteiger charge is -2.13. The Morgan fingerprint density at radius 2 is 2.16 bits per heavy atom. The zero-order valence-electron chi connectivity index (χ0n) is 11.1. The van der Waals surface area contributed by atoms with Crippen molar-refractivity contribution >= 4 is 0 Å². The number of imidazole rings is 1. The molecule has 1 atom stereocenters. The molecule has 0 aliphatic rings. The van der Waals surface area contributed by atoms with Crippen LogP contribution in [0.4, 0.5) is 0 Å². The lowest BCUT2D eigenvalue weighted by Crippen LogP contribution is -2.20. The van der Waals surface area contributed by atoms with Crippen molar-refractivity contribution in [2.45, 2.75) is 25.8 Å². The van der Waals surface area contributed by atoms with Gasteiger partial charge in [0, 0.05) is 24.9 Å². The van der Waals surface area contributed by atoms with Gasteiger partial charge >= 0.3 is 0 Å². The maximum atomic E-state index is 8.76. The number of nitriles is 1. The highest BCUT2D eigenvalue weighted by atomic mass is 14.9. The second-order valence-corrected chi connectivity index (χ2v) is 4.55. The number of aromatic amines is 1. The normalized spacial score (nSPS) is 12.0. The number of hydrogen-bond acceptors (Lipinski definition) is 3. The van der Waals surface area contributed by atoms with E-state index in [0.717, 1.165) is 25.2 Å². The van der Waals surface area contributed by atoms with Gasteiger partial charge in [0.05, 0.1) is 11.6 Å². The fourth-order valence-electron chi connectivity index (χ4n) is 1.97. The Labute approximate surface area is 113 Å². The van der Waals surface area contributed by atoms with Gasteiger partial charge in [0.1, 0.15) is 5.82 Å². The third kappa shape index (κ3) is 3.94. The molecule has 2 N–H and O–H groups in total. The third-order valence-corrected chi connectivity index (χ3v) is 3.14. The van der Waals surface area contributed by atoms with E-state index in [0.29, 0.717) is 11.6 Å². The molecular formula is C15H18N4. The summed E-state index contributed by atoms with van der Waals surface area (Å²) in [4.78, 5) is 7.30. The molecule has 1 aromatic heterocycles. The van der Waals surface area contributed by atoms with Crippen molar-refractivity contribution in [1.82, 2.24) is 15.3 Å². The fraction of sp³-hybridized carbons (Fsp3) is 0.333. The van der Waals surface area contributed by atoms with E-state index in [-0.39, 0.29) is 0 Å². The van der Waals surface area contributed by atoms with Gasteiger partial charge in [-0.05, 0) is 37.6 Å². The fourth-order valence-corrected chi connectivity index (χ4v) is 1.97. The molecule has 1 heterocycles. The van der Waals surface area contributed by atoms with Gasteiger partial charge < -0.3 is 10.3 Å². The Morgan fingerprint density at radius 1 is 1.37 bits per heavy atom. The van der Waals surface area contributed by atoms with Crippen LogP contribution in [0.2, 0.25) is 0 Å². The molecule has 0 saturated heterocycles. The van der Waals surface area contributed by atoms with Crippen molar-refractivity contribution in [1.29, 1.82) is 5.26 Å². The average molecular weight is 254 g/mol. The van der Waals surface area contributed by atoms with Crippen LogP contribution in [0.15, 0.2) is 36.7 Å². The Bertz CT molecular complexity index is 522. The topological polar surface area (TPSA) is 64.5 Å². The van der Waals surface area contributed by atoms with E-state index in [1.807, 2.05) is 30.5 Å². The molecule has 2 aromatic rings. The Morgan fingerprint density at radius 3 is 2.79 bits per heavy atom. The quantitative estimate of drug-likeness (QED) is 0.779. The minimum absolute atomic E-state index is 0.296. The van der Waals surface area contributed by atoms with E-state index in [1.165, 1.54) is 5.56 Å². The predicted molar refractivity (Wildman–Crippen MR) is 74.5 cm³/mol. The minimum Gasteiger partial charge on any atom is -0.349 e. The number of hydrogen-bond donors (Lipinski definition) is 2. The van der Waals surface area contributed by atoms with Crippen LogP contribution in [0.25, 0.3) is 0 Å². The molecule has 0 saturated carbocycles.